The molecule has 182 valence electrons. The molecule has 3 atom stereocenters. The molecule has 33 heavy (non-hydrogen) atoms. The molecule has 1 saturated carbocycles. The van der Waals surface area contributed by atoms with Crippen molar-refractivity contribution in [2.45, 2.75) is 115 Å². The molecule has 3 aliphatic rings. The van der Waals surface area contributed by atoms with Crippen LogP contribution in [0.2, 0.25) is 0 Å². The average molecular weight is 471 g/mol. The van der Waals surface area contributed by atoms with E-state index in [0.717, 1.165) is 18.3 Å². The van der Waals surface area contributed by atoms with Gasteiger partial charge in [0, 0.05) is 42.2 Å². The number of thiazole rings is 1. The third-order valence-corrected chi connectivity index (χ3v) is 9.33. The second-order valence-electron chi connectivity index (χ2n) is 11.0. The van der Waals surface area contributed by atoms with E-state index < -0.39 is 0 Å². The predicted molar refractivity (Wildman–Crippen MR) is 135 cm³/mol. The number of piperidine rings is 1. The molecule has 7 heteroatoms. The van der Waals surface area contributed by atoms with Crippen LogP contribution < -0.4 is 5.32 Å². The second-order valence-corrected chi connectivity index (χ2v) is 11.9. The highest BCUT2D eigenvalue weighted by Crippen LogP contribution is 2.42. The third kappa shape index (κ3) is 5.20. The fourth-order valence-corrected chi connectivity index (χ4v) is 7.50. The molecule has 1 aliphatic carbocycles. The van der Waals surface area contributed by atoms with Crippen LogP contribution in [-0.4, -0.2) is 49.8 Å². The van der Waals surface area contributed by atoms with E-state index in [4.69, 9.17) is 4.98 Å². The van der Waals surface area contributed by atoms with Gasteiger partial charge in [-0.25, -0.2) is 4.98 Å². The van der Waals surface area contributed by atoms with Gasteiger partial charge in [-0.15, -0.1) is 21.5 Å². The summed E-state index contributed by atoms with van der Waals surface area (Å²) in [5.74, 6) is 3.54. The first-order chi connectivity index (χ1) is 16.1. The Morgan fingerprint density at radius 2 is 1.79 bits per heavy atom. The van der Waals surface area contributed by atoms with Crippen LogP contribution in [0.15, 0.2) is 11.6 Å². The van der Waals surface area contributed by atoms with Crippen molar-refractivity contribution in [1.29, 1.82) is 0 Å². The van der Waals surface area contributed by atoms with E-state index in [1.165, 1.54) is 81.6 Å². The van der Waals surface area contributed by atoms with Crippen LogP contribution >= 0.6 is 11.3 Å². The van der Waals surface area contributed by atoms with Crippen LogP contribution in [-0.2, 0) is 0 Å². The highest BCUT2D eigenvalue weighted by molar-refractivity contribution is 7.09. The summed E-state index contributed by atoms with van der Waals surface area (Å²) in [4.78, 5) is 7.54. The fraction of sp³-hybridized carbons (Fsp3) is 0.808. The number of hydrogen-bond acceptors (Lipinski definition) is 6. The van der Waals surface area contributed by atoms with Gasteiger partial charge in [0.1, 0.15) is 16.7 Å². The number of fused-ring (bicyclic) bond motifs is 2. The summed E-state index contributed by atoms with van der Waals surface area (Å²) in [6.07, 6.45) is 15.4. The van der Waals surface area contributed by atoms with Crippen LogP contribution in [0.1, 0.15) is 113 Å². The van der Waals surface area contributed by atoms with E-state index in [1.54, 1.807) is 0 Å². The molecular weight excluding hydrogens is 428 g/mol. The Balaban J connectivity index is 1.21. The van der Waals surface area contributed by atoms with E-state index in [0.29, 0.717) is 30.1 Å². The number of aryl methyl sites for hydroxylation is 1. The van der Waals surface area contributed by atoms with Gasteiger partial charge in [0.15, 0.2) is 0 Å². The van der Waals surface area contributed by atoms with Gasteiger partial charge < -0.3 is 9.88 Å². The minimum Gasteiger partial charge on any atom is -0.312 e. The van der Waals surface area contributed by atoms with Gasteiger partial charge in [-0.2, -0.15) is 0 Å². The standard InChI is InChI=1S/C26H42N6S/c1-18(2)25-30-29-19(3)32(25)23-15-21-9-10-22(16-23)31(21)13-11-24(26-27-12-14-33-26)28-17-20-7-5-4-6-8-20/h12,14,18,20-24,28H,4-11,13,15-17H2,1-3H3/t21?,22?,23?,24-/m0/s1. The van der Waals surface area contributed by atoms with Crippen LogP contribution in [0, 0.1) is 12.8 Å². The first kappa shape index (κ1) is 23.4. The summed E-state index contributed by atoms with van der Waals surface area (Å²) in [6, 6.07) is 2.36. The maximum absolute atomic E-state index is 4.70. The monoisotopic (exact) mass is 470 g/mol. The minimum atomic E-state index is 0.400. The zero-order valence-corrected chi connectivity index (χ0v) is 21.6. The largest absolute Gasteiger partial charge is 0.312 e. The van der Waals surface area contributed by atoms with Crippen LogP contribution in [0.25, 0.3) is 0 Å². The average Bonchev–Trinajstić information content (AvgIpc) is 3.53. The lowest BCUT2D eigenvalue weighted by molar-refractivity contribution is 0.0993. The van der Waals surface area contributed by atoms with Crippen molar-refractivity contribution in [1.82, 2.24) is 30.0 Å². The highest BCUT2D eigenvalue weighted by Gasteiger charge is 2.42. The van der Waals surface area contributed by atoms with Crippen molar-refractivity contribution in [3.63, 3.8) is 0 Å². The number of aromatic nitrogens is 4. The molecule has 2 saturated heterocycles. The number of nitrogens with zero attached hydrogens (tertiary/aromatic N) is 5. The zero-order chi connectivity index (χ0) is 22.8. The molecule has 4 heterocycles. The third-order valence-electron chi connectivity index (χ3n) is 8.44. The van der Waals surface area contributed by atoms with Crippen molar-refractivity contribution in [3.05, 3.63) is 28.2 Å². The quantitative estimate of drug-likeness (QED) is 0.514. The molecule has 6 nitrogen and oxygen atoms in total. The van der Waals surface area contributed by atoms with Crippen LogP contribution in [0.5, 0.6) is 0 Å². The predicted octanol–water partition coefficient (Wildman–Crippen LogP) is 5.64. The number of rotatable bonds is 9. The van der Waals surface area contributed by atoms with Crippen molar-refractivity contribution in [3.8, 4) is 0 Å². The molecule has 2 aliphatic heterocycles. The maximum atomic E-state index is 4.70. The van der Waals surface area contributed by atoms with E-state index in [-0.39, 0.29) is 0 Å². The molecule has 2 aromatic heterocycles. The van der Waals surface area contributed by atoms with Crippen LogP contribution in [0.4, 0.5) is 0 Å². The minimum absolute atomic E-state index is 0.400. The van der Waals surface area contributed by atoms with Gasteiger partial charge >= 0.3 is 0 Å². The lowest BCUT2D eigenvalue weighted by Crippen LogP contribution is -2.45. The highest BCUT2D eigenvalue weighted by atomic mass is 32.1. The van der Waals surface area contributed by atoms with Gasteiger partial charge in [-0.05, 0) is 64.3 Å². The van der Waals surface area contributed by atoms with E-state index >= 15 is 0 Å². The molecule has 2 aromatic rings. The Hall–Kier alpha value is -1.31. The van der Waals surface area contributed by atoms with Gasteiger partial charge in [0.05, 0.1) is 6.04 Å². The Labute approximate surface area is 203 Å². The molecule has 3 fully saturated rings. The molecule has 0 amide bonds. The van der Waals surface area contributed by atoms with Gasteiger partial charge in [0.2, 0.25) is 0 Å². The summed E-state index contributed by atoms with van der Waals surface area (Å²) in [5, 5.41) is 16.3. The van der Waals surface area contributed by atoms with E-state index in [2.05, 4.69) is 51.1 Å². The molecule has 2 bridgehead atoms. The van der Waals surface area contributed by atoms with Crippen molar-refractivity contribution >= 4 is 11.3 Å². The molecule has 2 unspecified atom stereocenters. The van der Waals surface area contributed by atoms with Crippen LogP contribution in [0.3, 0.4) is 0 Å². The number of hydrogen-bond donors (Lipinski definition) is 1. The molecule has 5 rings (SSSR count). The maximum Gasteiger partial charge on any atom is 0.135 e. The van der Waals surface area contributed by atoms with Gasteiger partial charge in [0.25, 0.3) is 0 Å². The first-order valence-electron chi connectivity index (χ1n) is 13.4. The lowest BCUT2D eigenvalue weighted by Gasteiger charge is -2.40. The molecule has 0 aromatic carbocycles. The summed E-state index contributed by atoms with van der Waals surface area (Å²) in [7, 11) is 0. The summed E-state index contributed by atoms with van der Waals surface area (Å²) < 4.78 is 2.47. The fourth-order valence-electron chi connectivity index (χ4n) is 6.75. The van der Waals surface area contributed by atoms with Gasteiger partial charge in [-0.1, -0.05) is 33.1 Å². The first-order valence-corrected chi connectivity index (χ1v) is 14.3. The zero-order valence-electron chi connectivity index (χ0n) is 20.7. The Bertz CT molecular complexity index is 857. The smallest absolute Gasteiger partial charge is 0.135 e. The summed E-state index contributed by atoms with van der Waals surface area (Å²) >= 11 is 1.82. The van der Waals surface area contributed by atoms with E-state index in [1.807, 2.05) is 17.5 Å². The molecular formula is C26H42N6S. The lowest BCUT2D eigenvalue weighted by atomic mass is 9.89. The summed E-state index contributed by atoms with van der Waals surface area (Å²) in [5.41, 5.74) is 0. The van der Waals surface area contributed by atoms with Gasteiger partial charge in [-0.3, -0.25) is 4.90 Å². The Morgan fingerprint density at radius 3 is 2.45 bits per heavy atom. The van der Waals surface area contributed by atoms with Crippen molar-refractivity contribution < 1.29 is 0 Å². The van der Waals surface area contributed by atoms with Crippen molar-refractivity contribution in [2.24, 2.45) is 5.92 Å². The molecule has 0 spiro atoms. The van der Waals surface area contributed by atoms with E-state index in [9.17, 15) is 0 Å². The Morgan fingerprint density at radius 1 is 1.03 bits per heavy atom. The Kier molecular flexibility index (Phi) is 7.48. The molecule has 1 N–H and O–H groups in total. The SMILES string of the molecule is Cc1nnc(C(C)C)n1C1CC2CCC(C1)N2CC[C@H](NCC1CCCCC1)c1nccs1. The van der Waals surface area contributed by atoms with Crippen molar-refractivity contribution in [2.75, 3.05) is 13.1 Å². The normalized spacial score (nSPS) is 27.5. The molecule has 0 radical (unpaired) electrons. The second kappa shape index (κ2) is 10.5. The topological polar surface area (TPSA) is 58.9 Å². The number of nitrogens with one attached hydrogen (secondary N) is 1. The summed E-state index contributed by atoms with van der Waals surface area (Å²) in [6.45, 7) is 8.95.